The number of halogens is 3. The van der Waals surface area contributed by atoms with Gasteiger partial charge in [-0.05, 0) is 19.4 Å². The van der Waals surface area contributed by atoms with Gasteiger partial charge in [-0.15, -0.1) is 0 Å². The van der Waals surface area contributed by atoms with Crippen LogP contribution in [0, 0.1) is 0 Å². The van der Waals surface area contributed by atoms with Crippen LogP contribution in [0.3, 0.4) is 0 Å². The number of rotatable bonds is 2. The predicted molar refractivity (Wildman–Crippen MR) is 37.7 cm³/mol. The van der Waals surface area contributed by atoms with Gasteiger partial charge in [-0.1, -0.05) is 0 Å². The van der Waals surface area contributed by atoms with Gasteiger partial charge in [-0.2, -0.15) is 13.2 Å². The monoisotopic (exact) mass is 183 g/mol. The van der Waals surface area contributed by atoms with E-state index in [1.54, 1.807) is 0 Å². The summed E-state index contributed by atoms with van der Waals surface area (Å²) in [5.41, 5.74) is -1.10. The van der Waals surface area contributed by atoms with Crippen LogP contribution in [0.1, 0.15) is 19.3 Å². The highest BCUT2D eigenvalue weighted by Crippen LogP contribution is 2.32. The fourth-order valence-corrected chi connectivity index (χ4v) is 1.59. The van der Waals surface area contributed by atoms with Gasteiger partial charge in [-0.25, -0.2) is 0 Å². The highest BCUT2D eigenvalue weighted by Gasteiger charge is 2.43. The normalized spacial score (nSPS) is 31.0. The molecule has 0 aliphatic carbocycles. The van der Waals surface area contributed by atoms with Crippen LogP contribution in [0.15, 0.2) is 0 Å². The maximum absolute atomic E-state index is 12.0. The Balaban J connectivity index is 2.55. The van der Waals surface area contributed by atoms with Crippen molar-refractivity contribution in [3.8, 4) is 0 Å². The Bertz CT molecular complexity index is 151. The minimum atomic E-state index is -4.19. The predicted octanol–water partition coefficient (Wildman–Crippen LogP) is 1.05. The van der Waals surface area contributed by atoms with E-state index in [0.717, 1.165) is 0 Å². The molecule has 0 bridgehead atoms. The molecular weight excluding hydrogens is 171 g/mol. The second kappa shape index (κ2) is 3.22. The second-order valence-electron chi connectivity index (χ2n) is 3.26. The molecule has 0 aromatic carbocycles. The molecule has 1 rings (SSSR count). The van der Waals surface area contributed by atoms with Crippen molar-refractivity contribution in [2.45, 2.75) is 31.0 Å². The summed E-state index contributed by atoms with van der Waals surface area (Å²) in [6.45, 7) is 0.128. The molecule has 1 fully saturated rings. The fourth-order valence-electron chi connectivity index (χ4n) is 1.59. The summed E-state index contributed by atoms with van der Waals surface area (Å²) in [6.07, 6.45) is -4.02. The first kappa shape index (κ1) is 9.80. The van der Waals surface area contributed by atoms with E-state index in [-0.39, 0.29) is 0 Å². The Kier molecular flexibility index (Phi) is 2.63. The van der Waals surface area contributed by atoms with Crippen molar-refractivity contribution in [2.75, 3.05) is 13.2 Å². The molecule has 1 aliphatic rings. The van der Waals surface area contributed by atoms with E-state index in [4.69, 9.17) is 5.11 Å². The van der Waals surface area contributed by atoms with Gasteiger partial charge < -0.3 is 10.4 Å². The number of alkyl halides is 3. The highest BCUT2D eigenvalue weighted by atomic mass is 19.4. The number of hydrogen-bond donors (Lipinski definition) is 2. The lowest BCUT2D eigenvalue weighted by Crippen LogP contribution is -2.46. The van der Waals surface area contributed by atoms with Crippen LogP contribution in [-0.4, -0.2) is 30.0 Å². The summed E-state index contributed by atoms with van der Waals surface area (Å²) in [6, 6.07) is 0. The van der Waals surface area contributed by atoms with Crippen LogP contribution >= 0.6 is 0 Å². The van der Waals surface area contributed by atoms with Crippen molar-refractivity contribution in [1.82, 2.24) is 5.32 Å². The topological polar surface area (TPSA) is 32.3 Å². The zero-order chi connectivity index (χ0) is 9.24. The zero-order valence-corrected chi connectivity index (χ0v) is 6.62. The van der Waals surface area contributed by atoms with Gasteiger partial charge in [0.25, 0.3) is 0 Å². The summed E-state index contributed by atoms with van der Waals surface area (Å²) >= 11 is 0. The van der Waals surface area contributed by atoms with E-state index < -0.39 is 24.7 Å². The van der Waals surface area contributed by atoms with Crippen LogP contribution in [0.5, 0.6) is 0 Å². The Morgan fingerprint density at radius 3 is 2.42 bits per heavy atom. The first-order valence-corrected chi connectivity index (χ1v) is 3.90. The van der Waals surface area contributed by atoms with E-state index >= 15 is 0 Å². The molecule has 1 unspecified atom stereocenters. The van der Waals surface area contributed by atoms with Crippen molar-refractivity contribution in [3.63, 3.8) is 0 Å². The van der Waals surface area contributed by atoms with Crippen LogP contribution in [-0.2, 0) is 0 Å². The number of nitrogens with one attached hydrogen (secondary N) is 1. The summed E-state index contributed by atoms with van der Waals surface area (Å²) in [7, 11) is 0. The molecule has 0 aromatic heterocycles. The van der Waals surface area contributed by atoms with Crippen molar-refractivity contribution < 1.29 is 18.3 Å². The third-order valence-electron chi connectivity index (χ3n) is 2.17. The smallest absolute Gasteiger partial charge is 0.390 e. The number of aliphatic hydroxyl groups is 1. The van der Waals surface area contributed by atoms with Crippen LogP contribution in [0.2, 0.25) is 0 Å². The first-order chi connectivity index (χ1) is 5.47. The van der Waals surface area contributed by atoms with Gasteiger partial charge in [0.15, 0.2) is 0 Å². The lowest BCUT2D eigenvalue weighted by molar-refractivity contribution is -0.152. The van der Waals surface area contributed by atoms with Gasteiger partial charge >= 0.3 is 6.18 Å². The molecule has 1 aliphatic heterocycles. The lowest BCUT2D eigenvalue weighted by atomic mass is 9.94. The minimum Gasteiger partial charge on any atom is -0.394 e. The van der Waals surface area contributed by atoms with Crippen molar-refractivity contribution in [1.29, 1.82) is 0 Å². The van der Waals surface area contributed by atoms with Gasteiger partial charge in [-0.3, -0.25) is 0 Å². The molecular formula is C7H12F3NO. The second-order valence-corrected chi connectivity index (χ2v) is 3.26. The van der Waals surface area contributed by atoms with Crippen molar-refractivity contribution in [3.05, 3.63) is 0 Å². The lowest BCUT2D eigenvalue weighted by Gasteiger charge is -2.27. The molecule has 1 heterocycles. The average Bonchev–Trinajstić information content (AvgIpc) is 2.34. The van der Waals surface area contributed by atoms with Crippen LogP contribution < -0.4 is 5.32 Å². The molecule has 0 spiro atoms. The summed E-state index contributed by atoms with van der Waals surface area (Å²) in [4.78, 5) is 0. The Morgan fingerprint density at radius 2 is 2.08 bits per heavy atom. The summed E-state index contributed by atoms with van der Waals surface area (Å²) in [5, 5.41) is 11.5. The largest absolute Gasteiger partial charge is 0.394 e. The molecule has 2 N–H and O–H groups in total. The molecule has 0 aromatic rings. The summed E-state index contributed by atoms with van der Waals surface area (Å²) in [5.74, 6) is 0. The standard InChI is InChI=1S/C7H12F3NO/c8-7(9,10)4-6(5-12)2-1-3-11-6/h11-12H,1-5H2. The fraction of sp³-hybridized carbons (Fsp3) is 1.00. The quantitative estimate of drug-likeness (QED) is 0.670. The molecule has 0 saturated carbocycles. The van der Waals surface area contributed by atoms with Gasteiger partial charge in [0, 0.05) is 0 Å². The van der Waals surface area contributed by atoms with Gasteiger partial charge in [0.05, 0.1) is 18.6 Å². The van der Waals surface area contributed by atoms with E-state index in [1.807, 2.05) is 0 Å². The molecule has 72 valence electrons. The third-order valence-corrected chi connectivity index (χ3v) is 2.17. The Labute approximate surface area is 68.8 Å². The van der Waals surface area contributed by atoms with E-state index in [1.165, 1.54) is 0 Å². The van der Waals surface area contributed by atoms with Crippen LogP contribution in [0.4, 0.5) is 13.2 Å². The Morgan fingerprint density at radius 1 is 1.42 bits per heavy atom. The zero-order valence-electron chi connectivity index (χ0n) is 6.62. The number of hydrogen-bond acceptors (Lipinski definition) is 2. The third kappa shape index (κ3) is 2.35. The van der Waals surface area contributed by atoms with Crippen molar-refractivity contribution >= 4 is 0 Å². The maximum Gasteiger partial charge on any atom is 0.390 e. The number of aliphatic hydroxyl groups excluding tert-OH is 1. The molecule has 1 saturated heterocycles. The molecule has 2 nitrogen and oxygen atoms in total. The average molecular weight is 183 g/mol. The Hall–Kier alpha value is -0.290. The van der Waals surface area contributed by atoms with E-state index in [2.05, 4.69) is 5.32 Å². The van der Waals surface area contributed by atoms with Crippen molar-refractivity contribution in [2.24, 2.45) is 0 Å². The summed E-state index contributed by atoms with van der Waals surface area (Å²) < 4.78 is 36.0. The van der Waals surface area contributed by atoms with Crippen LogP contribution in [0.25, 0.3) is 0 Å². The van der Waals surface area contributed by atoms with E-state index in [9.17, 15) is 13.2 Å². The SMILES string of the molecule is OCC1(CC(F)(F)F)CCCN1. The molecule has 5 heteroatoms. The molecule has 12 heavy (non-hydrogen) atoms. The molecule has 0 radical (unpaired) electrons. The van der Waals surface area contributed by atoms with Gasteiger partial charge in [0.1, 0.15) is 0 Å². The van der Waals surface area contributed by atoms with Gasteiger partial charge in [0.2, 0.25) is 0 Å². The first-order valence-electron chi connectivity index (χ1n) is 3.90. The van der Waals surface area contributed by atoms with E-state index in [0.29, 0.717) is 19.4 Å². The maximum atomic E-state index is 12.0. The molecule has 1 atom stereocenters. The minimum absolute atomic E-state index is 0.406. The molecule has 0 amide bonds. The highest BCUT2D eigenvalue weighted by molar-refractivity contribution is 4.94.